The SMILES string of the molecule is COC(=O)C1(OC2C(O)C(CO)OC(OC3CC(C(=O)NCCN)CC(C)C3OC3OC(C)C(O)C(O)C3O)C2OC(=O)c2ccccc2)CC(O)C(NC(C)=O)C([C@H](O)[C@H](O)CO)O1. The molecule has 1 aromatic carbocycles. The molecule has 0 radical (unpaired) electrons. The summed E-state index contributed by atoms with van der Waals surface area (Å²) in [7, 11) is 0.908. The van der Waals surface area contributed by atoms with Crippen molar-refractivity contribution in [3.63, 3.8) is 0 Å². The lowest BCUT2D eigenvalue weighted by molar-refractivity contribution is -0.379. The second-order valence-corrected chi connectivity index (χ2v) is 16.8. The van der Waals surface area contributed by atoms with Gasteiger partial charge in [0.1, 0.15) is 54.9 Å². The zero-order chi connectivity index (χ0) is 47.9. The largest absolute Gasteiger partial charge is 0.465 e. The van der Waals surface area contributed by atoms with Gasteiger partial charge in [-0.1, -0.05) is 25.1 Å². The molecule has 1 saturated carbocycles. The van der Waals surface area contributed by atoms with E-state index in [1.807, 2.05) is 0 Å². The Morgan fingerprint density at radius 1 is 0.892 bits per heavy atom. The summed E-state index contributed by atoms with van der Waals surface area (Å²) in [6.45, 7) is 2.48. The van der Waals surface area contributed by atoms with E-state index in [4.69, 9.17) is 43.6 Å². The average molecular weight is 934 g/mol. The van der Waals surface area contributed by atoms with Gasteiger partial charge in [-0.05, 0) is 37.8 Å². The van der Waals surface area contributed by atoms with Crippen LogP contribution in [0.1, 0.15) is 50.4 Å². The molecular formula is C41H63N3O21. The third-order valence-electron chi connectivity index (χ3n) is 12.1. The Kier molecular flexibility index (Phi) is 18.5. The van der Waals surface area contributed by atoms with Gasteiger partial charge in [0.15, 0.2) is 18.7 Å². The molecule has 368 valence electrons. The van der Waals surface area contributed by atoms with Crippen LogP contribution in [0.5, 0.6) is 0 Å². The number of aliphatic hydroxyl groups excluding tert-OH is 9. The average Bonchev–Trinajstić information content (AvgIpc) is 3.29. The van der Waals surface area contributed by atoms with Crippen LogP contribution in [0.4, 0.5) is 0 Å². The van der Waals surface area contributed by atoms with Crippen molar-refractivity contribution in [2.75, 3.05) is 33.4 Å². The summed E-state index contributed by atoms with van der Waals surface area (Å²) in [5.74, 6) is -7.86. The number of ether oxygens (including phenoxy) is 8. The lowest BCUT2D eigenvalue weighted by Gasteiger charge is -2.51. The maximum absolute atomic E-state index is 13.9. The summed E-state index contributed by atoms with van der Waals surface area (Å²) in [5.41, 5.74) is 5.60. The van der Waals surface area contributed by atoms with Crippen molar-refractivity contribution < 1.29 is 103 Å². The molecule has 2 amide bonds. The van der Waals surface area contributed by atoms with Crippen LogP contribution in [0.25, 0.3) is 0 Å². The monoisotopic (exact) mass is 933 g/mol. The molecule has 1 aliphatic carbocycles. The van der Waals surface area contributed by atoms with Gasteiger partial charge in [0.05, 0.1) is 56.3 Å². The fraction of sp³-hybridized carbons (Fsp3) is 0.756. The summed E-state index contributed by atoms with van der Waals surface area (Å²) in [6, 6.07) is 5.89. The van der Waals surface area contributed by atoms with Gasteiger partial charge in [-0.2, -0.15) is 0 Å². The van der Waals surface area contributed by atoms with Crippen LogP contribution >= 0.6 is 0 Å². The Balaban J connectivity index is 1.60. The zero-order valence-electron chi connectivity index (χ0n) is 36.3. The molecule has 3 aliphatic heterocycles. The third kappa shape index (κ3) is 12.0. The Morgan fingerprint density at radius 2 is 1.58 bits per heavy atom. The summed E-state index contributed by atoms with van der Waals surface area (Å²) in [4.78, 5) is 53.5. The van der Waals surface area contributed by atoms with E-state index < -0.39 is 165 Å². The van der Waals surface area contributed by atoms with Crippen molar-refractivity contribution in [3.8, 4) is 0 Å². The predicted octanol–water partition coefficient (Wildman–Crippen LogP) is -5.37. The number of amides is 2. The molecule has 4 aliphatic rings. The van der Waals surface area contributed by atoms with E-state index in [1.54, 1.807) is 13.0 Å². The van der Waals surface area contributed by atoms with Gasteiger partial charge >= 0.3 is 11.9 Å². The highest BCUT2D eigenvalue weighted by atomic mass is 16.8. The number of hydrogen-bond donors (Lipinski definition) is 12. The van der Waals surface area contributed by atoms with Crippen LogP contribution in [0.3, 0.4) is 0 Å². The molecule has 1 aromatic rings. The first-order valence-electron chi connectivity index (χ1n) is 21.4. The number of carbonyl (C=O) groups excluding carboxylic acids is 4. The van der Waals surface area contributed by atoms with Gasteiger partial charge in [-0.15, -0.1) is 0 Å². The van der Waals surface area contributed by atoms with Crippen LogP contribution < -0.4 is 16.4 Å². The molecule has 24 nitrogen and oxygen atoms in total. The number of rotatable bonds is 17. The second-order valence-electron chi connectivity index (χ2n) is 16.8. The molecule has 3 heterocycles. The van der Waals surface area contributed by atoms with E-state index >= 15 is 0 Å². The predicted molar refractivity (Wildman–Crippen MR) is 215 cm³/mol. The van der Waals surface area contributed by atoms with E-state index in [1.165, 1.54) is 31.2 Å². The van der Waals surface area contributed by atoms with E-state index in [-0.39, 0.29) is 31.5 Å². The molecule has 0 aromatic heterocycles. The molecular weight excluding hydrogens is 870 g/mol. The minimum Gasteiger partial charge on any atom is -0.465 e. The van der Waals surface area contributed by atoms with Crippen LogP contribution in [0, 0.1) is 11.8 Å². The maximum atomic E-state index is 13.9. The van der Waals surface area contributed by atoms with Gasteiger partial charge < -0.3 is 100 Å². The Hall–Kier alpha value is -3.54. The highest BCUT2D eigenvalue weighted by molar-refractivity contribution is 5.89. The molecule has 0 spiro atoms. The molecule has 0 bridgehead atoms. The number of hydrogen-bond acceptors (Lipinski definition) is 22. The molecule has 3 saturated heterocycles. The molecule has 13 N–H and O–H groups in total. The lowest BCUT2D eigenvalue weighted by Crippen LogP contribution is -2.71. The first-order chi connectivity index (χ1) is 30.8. The first-order valence-corrected chi connectivity index (χ1v) is 21.4. The molecule has 24 heteroatoms. The smallest absolute Gasteiger partial charge is 0.366 e. The minimum absolute atomic E-state index is 0.0300. The number of nitrogens with one attached hydrogen (secondary N) is 2. The van der Waals surface area contributed by atoms with E-state index in [0.29, 0.717) is 0 Å². The van der Waals surface area contributed by atoms with Crippen LogP contribution in [-0.2, 0) is 52.3 Å². The number of nitrogens with two attached hydrogens (primary N) is 1. The molecule has 65 heavy (non-hydrogen) atoms. The summed E-state index contributed by atoms with van der Waals surface area (Å²) in [5, 5.41) is 102. The van der Waals surface area contributed by atoms with E-state index in [9.17, 15) is 65.1 Å². The number of carbonyl (C=O) groups is 4. The number of methoxy groups -OCH3 is 1. The molecule has 20 atom stereocenters. The highest BCUT2D eigenvalue weighted by Gasteiger charge is 2.61. The quantitative estimate of drug-likeness (QED) is 0.0649. The van der Waals surface area contributed by atoms with Gasteiger partial charge in [-0.3, -0.25) is 9.59 Å². The number of esters is 2. The number of aliphatic hydroxyl groups is 9. The van der Waals surface area contributed by atoms with Crippen molar-refractivity contribution in [1.82, 2.24) is 10.6 Å². The topological polar surface area (TPSA) is 374 Å². The van der Waals surface area contributed by atoms with Crippen molar-refractivity contribution in [2.45, 2.75) is 150 Å². The van der Waals surface area contributed by atoms with Crippen LogP contribution in [0.2, 0.25) is 0 Å². The van der Waals surface area contributed by atoms with Gasteiger partial charge in [0, 0.05) is 32.4 Å². The molecule has 5 rings (SSSR count). The molecule has 4 fully saturated rings. The van der Waals surface area contributed by atoms with Crippen molar-refractivity contribution in [2.24, 2.45) is 17.6 Å². The van der Waals surface area contributed by atoms with E-state index in [0.717, 1.165) is 14.0 Å². The first kappa shape index (κ1) is 52.4. The maximum Gasteiger partial charge on any atom is 0.366 e. The van der Waals surface area contributed by atoms with Gasteiger partial charge in [0.2, 0.25) is 11.8 Å². The summed E-state index contributed by atoms with van der Waals surface area (Å²) in [6.07, 6.45) is -28.2. The zero-order valence-corrected chi connectivity index (χ0v) is 36.3. The second kappa shape index (κ2) is 23.0. The van der Waals surface area contributed by atoms with Gasteiger partial charge in [-0.25, -0.2) is 9.59 Å². The lowest BCUT2D eigenvalue weighted by atomic mass is 9.77. The fourth-order valence-corrected chi connectivity index (χ4v) is 8.61. The Morgan fingerprint density at radius 3 is 2.20 bits per heavy atom. The highest BCUT2D eigenvalue weighted by Crippen LogP contribution is 2.41. The van der Waals surface area contributed by atoms with Crippen LogP contribution in [-0.4, -0.2) is 213 Å². The standard InChI is InChI=1S/C41H63N3O21/c1-17-12-21(36(55)43-11-10-42)13-24(32(17)63-38-31(54)30(53)27(50)18(2)59-38)60-39-35(62-37(56)20-8-6-5-7-9-20)34(29(52)25(16-46)61-39)65-41(40(57)58-4)14-22(48)26(44-19(3)47)33(64-41)28(51)23(49)15-45/h5-9,17-18,21-35,38-39,45-46,48-54H,10-16,42H2,1-4H3,(H,43,55)(H,44,47)/t17?,18?,21?,22?,23-,24?,25?,26?,27?,28-,29?,30?,31?,32?,33?,34?,35?,38?,39?,41?/m1/s1. The van der Waals surface area contributed by atoms with Crippen molar-refractivity contribution in [3.05, 3.63) is 35.9 Å². The fourth-order valence-electron chi connectivity index (χ4n) is 8.61. The third-order valence-corrected chi connectivity index (χ3v) is 12.1. The van der Waals surface area contributed by atoms with Gasteiger partial charge in [0.25, 0.3) is 5.79 Å². The summed E-state index contributed by atoms with van der Waals surface area (Å²) < 4.78 is 48.0. The number of benzene rings is 1. The van der Waals surface area contributed by atoms with Crippen molar-refractivity contribution in [1.29, 1.82) is 0 Å². The minimum atomic E-state index is -2.89. The summed E-state index contributed by atoms with van der Waals surface area (Å²) >= 11 is 0. The Bertz CT molecular complexity index is 1730. The Labute approximate surface area is 373 Å². The van der Waals surface area contributed by atoms with Crippen molar-refractivity contribution >= 4 is 23.8 Å². The van der Waals surface area contributed by atoms with Crippen LogP contribution in [0.15, 0.2) is 30.3 Å². The normalized spacial score (nSPS) is 39.6. The molecule has 18 unspecified atom stereocenters. The van der Waals surface area contributed by atoms with E-state index in [2.05, 4.69) is 10.6 Å².